The molecule has 0 aromatic carbocycles. The number of allylic oxidation sites excluding steroid dienone is 1. The van der Waals surface area contributed by atoms with Crippen molar-refractivity contribution >= 4 is 17.3 Å². The first-order valence-corrected chi connectivity index (χ1v) is 5.37. The zero-order chi connectivity index (χ0) is 10.7. The van der Waals surface area contributed by atoms with Gasteiger partial charge in [0.15, 0.2) is 0 Å². The molecule has 0 aromatic heterocycles. The van der Waals surface area contributed by atoms with Gasteiger partial charge in [0.25, 0.3) is 0 Å². The number of fused-ring (bicyclic) bond motifs is 1. The van der Waals surface area contributed by atoms with Crippen molar-refractivity contribution in [3.63, 3.8) is 0 Å². The highest BCUT2D eigenvalue weighted by Gasteiger charge is 2.33. The van der Waals surface area contributed by atoms with E-state index in [0.717, 1.165) is 23.6 Å². The number of rotatable bonds is 3. The molecule has 2 atom stereocenters. The summed E-state index contributed by atoms with van der Waals surface area (Å²) in [5.74, 6) is 0.405. The largest absolute Gasteiger partial charge is 0.306 e. The molecule has 2 aliphatic rings. The quantitative estimate of drug-likeness (QED) is 0.566. The third-order valence-electron chi connectivity index (χ3n) is 2.73. The summed E-state index contributed by atoms with van der Waals surface area (Å²) in [5, 5.41) is 12.6. The maximum atomic E-state index is 6.03. The molecule has 2 rings (SSSR count). The second-order valence-corrected chi connectivity index (χ2v) is 4.16. The van der Waals surface area contributed by atoms with Crippen molar-refractivity contribution in [2.75, 3.05) is 13.6 Å². The second-order valence-electron chi connectivity index (χ2n) is 3.67. The minimum Gasteiger partial charge on any atom is -0.306 e. The van der Waals surface area contributed by atoms with Gasteiger partial charge < -0.3 is 5.43 Å². The standard InChI is InChI=1S/C9H14ClN5/c1-11-15-12-5-9-7-4-6(10)2-3-8(7)13-14-9/h2,7-8,13H,3-5H2,1H3,(H,11,12)/t7-,8+/m1/s1. The van der Waals surface area contributed by atoms with Gasteiger partial charge in [0, 0.05) is 11.0 Å². The summed E-state index contributed by atoms with van der Waals surface area (Å²) in [6, 6.07) is 0.405. The SMILES string of the molecule is CN=NNCC1=NN[C@H]2CC=C(Cl)C[C@@H]12. The maximum absolute atomic E-state index is 6.03. The van der Waals surface area contributed by atoms with Crippen molar-refractivity contribution in [1.82, 2.24) is 10.9 Å². The highest BCUT2D eigenvalue weighted by Crippen LogP contribution is 2.30. The third kappa shape index (κ3) is 2.28. The minimum atomic E-state index is 0.405. The average Bonchev–Trinajstić information content (AvgIpc) is 2.62. The van der Waals surface area contributed by atoms with E-state index >= 15 is 0 Å². The number of hydrazone groups is 1. The van der Waals surface area contributed by atoms with Crippen LogP contribution in [0.5, 0.6) is 0 Å². The van der Waals surface area contributed by atoms with E-state index in [-0.39, 0.29) is 0 Å². The Bertz CT molecular complexity index is 322. The number of hydrogen-bond acceptors (Lipinski definition) is 4. The van der Waals surface area contributed by atoms with Gasteiger partial charge in [0.1, 0.15) is 0 Å². The molecule has 82 valence electrons. The van der Waals surface area contributed by atoms with Crippen molar-refractivity contribution in [1.29, 1.82) is 0 Å². The molecule has 1 heterocycles. The smallest absolute Gasteiger partial charge is 0.0751 e. The lowest BCUT2D eigenvalue weighted by molar-refractivity contribution is 0.462. The fourth-order valence-electron chi connectivity index (χ4n) is 1.95. The molecule has 15 heavy (non-hydrogen) atoms. The molecule has 0 radical (unpaired) electrons. The Labute approximate surface area is 93.6 Å². The summed E-state index contributed by atoms with van der Waals surface area (Å²) in [7, 11) is 1.63. The Balaban J connectivity index is 1.94. The molecular weight excluding hydrogens is 214 g/mol. The summed E-state index contributed by atoms with van der Waals surface area (Å²) >= 11 is 6.03. The van der Waals surface area contributed by atoms with E-state index in [1.54, 1.807) is 7.05 Å². The number of hydrogen-bond donors (Lipinski definition) is 2. The molecule has 1 aliphatic heterocycles. The number of nitrogens with one attached hydrogen (secondary N) is 2. The van der Waals surface area contributed by atoms with Crippen LogP contribution in [0.4, 0.5) is 0 Å². The van der Waals surface area contributed by atoms with Gasteiger partial charge in [-0.05, 0) is 12.8 Å². The van der Waals surface area contributed by atoms with E-state index in [1.807, 2.05) is 0 Å². The highest BCUT2D eigenvalue weighted by atomic mass is 35.5. The summed E-state index contributed by atoms with van der Waals surface area (Å²) < 4.78 is 0. The molecule has 0 fully saturated rings. The topological polar surface area (TPSA) is 61.1 Å². The van der Waals surface area contributed by atoms with Crippen LogP contribution in [0, 0.1) is 5.92 Å². The summed E-state index contributed by atoms with van der Waals surface area (Å²) in [5.41, 5.74) is 7.06. The minimum absolute atomic E-state index is 0.405. The average molecular weight is 228 g/mol. The van der Waals surface area contributed by atoms with Crippen molar-refractivity contribution in [3.8, 4) is 0 Å². The van der Waals surface area contributed by atoms with Crippen LogP contribution in [0.1, 0.15) is 12.8 Å². The van der Waals surface area contributed by atoms with E-state index < -0.39 is 0 Å². The molecule has 0 saturated carbocycles. The van der Waals surface area contributed by atoms with Gasteiger partial charge in [-0.1, -0.05) is 22.9 Å². The summed E-state index contributed by atoms with van der Waals surface area (Å²) in [6.45, 7) is 0.635. The van der Waals surface area contributed by atoms with Gasteiger partial charge in [0.2, 0.25) is 0 Å². The van der Waals surface area contributed by atoms with Crippen LogP contribution >= 0.6 is 11.6 Å². The number of nitrogens with zero attached hydrogens (tertiary/aromatic N) is 3. The van der Waals surface area contributed by atoms with Gasteiger partial charge in [-0.15, -0.1) is 0 Å². The van der Waals surface area contributed by atoms with Crippen LogP contribution < -0.4 is 10.9 Å². The number of halogens is 1. The van der Waals surface area contributed by atoms with Gasteiger partial charge in [0.05, 0.1) is 25.3 Å². The molecule has 6 heteroatoms. The molecule has 2 N–H and O–H groups in total. The highest BCUT2D eigenvalue weighted by molar-refractivity contribution is 6.29. The maximum Gasteiger partial charge on any atom is 0.0751 e. The van der Waals surface area contributed by atoms with Crippen molar-refractivity contribution < 1.29 is 0 Å². The van der Waals surface area contributed by atoms with Gasteiger partial charge in [-0.25, -0.2) is 0 Å². The van der Waals surface area contributed by atoms with Crippen LogP contribution in [-0.4, -0.2) is 25.3 Å². The lowest BCUT2D eigenvalue weighted by Gasteiger charge is -2.23. The van der Waals surface area contributed by atoms with Crippen LogP contribution in [0.15, 0.2) is 26.5 Å². The lowest BCUT2D eigenvalue weighted by Crippen LogP contribution is -2.34. The molecule has 1 aliphatic carbocycles. The Morgan fingerprint density at radius 1 is 1.73 bits per heavy atom. The molecule has 0 aromatic rings. The Hall–Kier alpha value is -1.10. The van der Waals surface area contributed by atoms with E-state index in [9.17, 15) is 0 Å². The van der Waals surface area contributed by atoms with Crippen LogP contribution in [0.2, 0.25) is 0 Å². The zero-order valence-corrected chi connectivity index (χ0v) is 9.33. The lowest BCUT2D eigenvalue weighted by atomic mass is 9.86. The van der Waals surface area contributed by atoms with Crippen molar-refractivity contribution in [3.05, 3.63) is 11.1 Å². The third-order valence-corrected chi connectivity index (χ3v) is 3.04. The first-order chi connectivity index (χ1) is 7.31. The van der Waals surface area contributed by atoms with Gasteiger partial charge in [-0.3, -0.25) is 5.43 Å². The molecule has 0 amide bonds. The van der Waals surface area contributed by atoms with Crippen LogP contribution in [0.3, 0.4) is 0 Å². The fourth-order valence-corrected chi connectivity index (χ4v) is 2.21. The molecule has 0 spiro atoms. The van der Waals surface area contributed by atoms with E-state index in [4.69, 9.17) is 11.6 Å². The summed E-state index contributed by atoms with van der Waals surface area (Å²) in [6.07, 6.45) is 3.89. The molecule has 0 saturated heterocycles. The monoisotopic (exact) mass is 227 g/mol. The zero-order valence-electron chi connectivity index (χ0n) is 8.57. The Morgan fingerprint density at radius 3 is 3.40 bits per heavy atom. The fraction of sp³-hybridized carbons (Fsp3) is 0.667. The van der Waals surface area contributed by atoms with Crippen LogP contribution in [0.25, 0.3) is 0 Å². The summed E-state index contributed by atoms with van der Waals surface area (Å²) in [4.78, 5) is 0. The van der Waals surface area contributed by atoms with Crippen molar-refractivity contribution in [2.24, 2.45) is 21.4 Å². The van der Waals surface area contributed by atoms with Gasteiger partial charge in [-0.2, -0.15) is 10.2 Å². The first-order valence-electron chi connectivity index (χ1n) is 4.99. The normalized spacial score (nSPS) is 29.5. The first kappa shape index (κ1) is 10.4. The van der Waals surface area contributed by atoms with Gasteiger partial charge >= 0.3 is 0 Å². The predicted molar refractivity (Wildman–Crippen MR) is 59.8 cm³/mol. The second kappa shape index (κ2) is 4.61. The molecule has 0 unspecified atom stereocenters. The van der Waals surface area contributed by atoms with E-state index in [0.29, 0.717) is 18.5 Å². The molecule has 0 bridgehead atoms. The van der Waals surface area contributed by atoms with E-state index in [2.05, 4.69) is 32.4 Å². The Kier molecular flexibility index (Phi) is 3.20. The molecular formula is C9H14ClN5. The Morgan fingerprint density at radius 2 is 2.60 bits per heavy atom. The molecule has 5 nitrogen and oxygen atoms in total. The van der Waals surface area contributed by atoms with Crippen molar-refractivity contribution in [2.45, 2.75) is 18.9 Å². The van der Waals surface area contributed by atoms with E-state index in [1.165, 1.54) is 0 Å². The predicted octanol–water partition coefficient (Wildman–Crippen LogP) is 1.43. The van der Waals surface area contributed by atoms with Crippen LogP contribution in [-0.2, 0) is 0 Å².